The molecule has 1 aromatic carbocycles. The maximum atomic E-state index is 12.9. The van der Waals surface area contributed by atoms with Gasteiger partial charge in [0.25, 0.3) is 0 Å². The Morgan fingerprint density at radius 2 is 1.93 bits per heavy atom. The van der Waals surface area contributed by atoms with E-state index in [-0.39, 0.29) is 5.56 Å². The van der Waals surface area contributed by atoms with Crippen molar-refractivity contribution in [3.8, 4) is 0 Å². The van der Waals surface area contributed by atoms with Gasteiger partial charge >= 0.3 is 5.97 Å². The molecule has 0 amide bonds. The molecule has 0 aliphatic carbocycles. The number of halogens is 1. The van der Waals surface area contributed by atoms with Gasteiger partial charge in [0.1, 0.15) is 5.82 Å². The van der Waals surface area contributed by atoms with Gasteiger partial charge in [0.2, 0.25) is 0 Å². The normalized spacial score (nSPS) is 8.93. The highest BCUT2D eigenvalue weighted by atomic mass is 31.0. The monoisotopic (exact) mass is 216 g/mol. The van der Waals surface area contributed by atoms with Crippen molar-refractivity contribution < 1.29 is 14.3 Å². The third-order valence-electron chi connectivity index (χ3n) is 1.67. The van der Waals surface area contributed by atoms with Crippen molar-refractivity contribution in [3.63, 3.8) is 0 Å². The molecule has 0 saturated carbocycles. The zero-order valence-electron chi connectivity index (χ0n) is 8.47. The first-order valence-electron chi connectivity index (χ1n) is 4.32. The fourth-order valence-electron chi connectivity index (χ4n) is 0.957. The average Bonchev–Trinajstić information content (AvgIpc) is 2.15. The van der Waals surface area contributed by atoms with E-state index in [1.54, 1.807) is 6.92 Å². The van der Waals surface area contributed by atoms with Crippen LogP contribution in [0, 0.1) is 12.7 Å². The summed E-state index contributed by atoms with van der Waals surface area (Å²) in [5.74, 6) is -1.92. The number of hydrogen-bond acceptors (Lipinski definition) is 1. The Balaban J connectivity index is 0.000000791. The topological polar surface area (TPSA) is 37.3 Å². The molecular weight excluding hydrogens is 202 g/mol. The summed E-state index contributed by atoms with van der Waals surface area (Å²) in [7, 11) is 2.36. The van der Waals surface area contributed by atoms with Crippen LogP contribution in [0.2, 0.25) is 0 Å². The number of rotatable bonds is 1. The SMILES string of the molecule is CC.Cc1c(P)ccc(F)c1C(=O)O. The van der Waals surface area contributed by atoms with Gasteiger partial charge in [0.15, 0.2) is 0 Å². The standard InChI is InChI=1S/C8H8FO2P.C2H6/c1-4-6(12)3-2-5(9)7(4)8(10)11;1-2/h2-3H,12H2,1H3,(H,10,11);1-2H3. The quantitative estimate of drug-likeness (QED) is 0.731. The van der Waals surface area contributed by atoms with Crippen molar-refractivity contribution in [1.82, 2.24) is 0 Å². The van der Waals surface area contributed by atoms with Crippen LogP contribution >= 0.6 is 9.24 Å². The largest absolute Gasteiger partial charge is 0.478 e. The molecule has 1 N–H and O–H groups in total. The van der Waals surface area contributed by atoms with Crippen LogP contribution in [-0.2, 0) is 0 Å². The number of aromatic carboxylic acids is 1. The number of benzene rings is 1. The van der Waals surface area contributed by atoms with Gasteiger partial charge in [-0.2, -0.15) is 0 Å². The lowest BCUT2D eigenvalue weighted by molar-refractivity contribution is 0.0691. The zero-order chi connectivity index (χ0) is 11.3. The van der Waals surface area contributed by atoms with Crippen molar-refractivity contribution in [3.05, 3.63) is 29.1 Å². The van der Waals surface area contributed by atoms with Gasteiger partial charge in [-0.05, 0) is 23.9 Å². The lowest BCUT2D eigenvalue weighted by atomic mass is 10.1. The second kappa shape index (κ2) is 5.71. The van der Waals surface area contributed by atoms with E-state index in [9.17, 15) is 9.18 Å². The van der Waals surface area contributed by atoms with Crippen LogP contribution in [0.3, 0.4) is 0 Å². The highest BCUT2D eigenvalue weighted by Crippen LogP contribution is 2.12. The van der Waals surface area contributed by atoms with Crippen LogP contribution < -0.4 is 5.30 Å². The third kappa shape index (κ3) is 2.78. The summed E-state index contributed by atoms with van der Waals surface area (Å²) in [5, 5.41) is 9.32. The maximum absolute atomic E-state index is 12.9. The molecule has 0 aliphatic rings. The Labute approximate surface area is 85.3 Å². The minimum Gasteiger partial charge on any atom is -0.478 e. The molecule has 0 bridgehead atoms. The molecule has 0 heterocycles. The molecular formula is C10H14FO2P. The summed E-state index contributed by atoms with van der Waals surface area (Å²) in [5.41, 5.74) is 0.204. The molecule has 0 aromatic heterocycles. The average molecular weight is 216 g/mol. The molecule has 0 spiro atoms. The Kier molecular flexibility index (Phi) is 5.32. The van der Waals surface area contributed by atoms with Gasteiger partial charge in [-0.25, -0.2) is 9.18 Å². The minimum absolute atomic E-state index is 0.248. The third-order valence-corrected chi connectivity index (χ3v) is 2.30. The summed E-state index contributed by atoms with van der Waals surface area (Å²) in [6.45, 7) is 5.58. The molecule has 0 saturated heterocycles. The van der Waals surface area contributed by atoms with Crippen LogP contribution in [0.15, 0.2) is 12.1 Å². The van der Waals surface area contributed by atoms with Gasteiger partial charge < -0.3 is 5.11 Å². The summed E-state index contributed by atoms with van der Waals surface area (Å²) in [4.78, 5) is 10.5. The fourth-order valence-corrected chi connectivity index (χ4v) is 1.20. The van der Waals surface area contributed by atoms with Gasteiger partial charge in [0.05, 0.1) is 5.56 Å². The van der Waals surface area contributed by atoms with E-state index in [1.807, 2.05) is 13.8 Å². The van der Waals surface area contributed by atoms with Gasteiger partial charge in [-0.3, -0.25) is 0 Å². The Hall–Kier alpha value is -0.950. The molecule has 14 heavy (non-hydrogen) atoms. The smallest absolute Gasteiger partial charge is 0.338 e. The molecule has 78 valence electrons. The first-order valence-corrected chi connectivity index (χ1v) is 4.89. The summed E-state index contributed by atoms with van der Waals surface area (Å²) in [6.07, 6.45) is 0. The number of carboxylic acids is 1. The van der Waals surface area contributed by atoms with Crippen LogP contribution in [-0.4, -0.2) is 11.1 Å². The zero-order valence-corrected chi connectivity index (χ0v) is 9.62. The molecule has 2 nitrogen and oxygen atoms in total. The predicted molar refractivity (Wildman–Crippen MR) is 58.8 cm³/mol. The van der Waals surface area contributed by atoms with Crippen molar-refractivity contribution in [2.24, 2.45) is 0 Å². The first kappa shape index (κ1) is 13.1. The highest BCUT2D eigenvalue weighted by Gasteiger charge is 2.14. The number of carbonyl (C=O) groups is 1. The molecule has 0 radical (unpaired) electrons. The van der Waals surface area contributed by atoms with E-state index < -0.39 is 11.8 Å². The minimum atomic E-state index is -1.23. The first-order chi connectivity index (χ1) is 6.54. The van der Waals surface area contributed by atoms with E-state index in [0.29, 0.717) is 10.9 Å². The molecule has 0 fully saturated rings. The number of hydrogen-bond donors (Lipinski definition) is 1. The van der Waals surface area contributed by atoms with Crippen molar-refractivity contribution in [2.75, 3.05) is 0 Å². The van der Waals surface area contributed by atoms with Crippen LogP contribution in [0.25, 0.3) is 0 Å². The summed E-state index contributed by atoms with van der Waals surface area (Å²) in [6, 6.07) is 2.68. The van der Waals surface area contributed by atoms with Crippen LogP contribution in [0.4, 0.5) is 4.39 Å². The van der Waals surface area contributed by atoms with Crippen molar-refractivity contribution >= 4 is 20.5 Å². The summed E-state index contributed by atoms with van der Waals surface area (Å²) >= 11 is 0. The van der Waals surface area contributed by atoms with Gasteiger partial charge in [-0.1, -0.05) is 19.9 Å². The van der Waals surface area contributed by atoms with Crippen molar-refractivity contribution in [2.45, 2.75) is 20.8 Å². The van der Waals surface area contributed by atoms with Crippen LogP contribution in [0.5, 0.6) is 0 Å². The van der Waals surface area contributed by atoms with Crippen molar-refractivity contribution in [1.29, 1.82) is 0 Å². The Morgan fingerprint density at radius 1 is 1.43 bits per heavy atom. The Morgan fingerprint density at radius 3 is 2.29 bits per heavy atom. The lowest BCUT2D eigenvalue weighted by Crippen LogP contribution is -2.10. The molecule has 4 heteroatoms. The molecule has 1 atom stereocenters. The van der Waals surface area contributed by atoms with E-state index in [0.717, 1.165) is 6.07 Å². The highest BCUT2D eigenvalue weighted by molar-refractivity contribution is 7.27. The maximum Gasteiger partial charge on any atom is 0.338 e. The fraction of sp³-hybridized carbons (Fsp3) is 0.300. The molecule has 0 aliphatic heterocycles. The van der Waals surface area contributed by atoms with E-state index in [4.69, 9.17) is 5.11 Å². The van der Waals surface area contributed by atoms with Gasteiger partial charge in [0, 0.05) is 0 Å². The Bertz CT molecular complexity index is 337. The predicted octanol–water partition coefficient (Wildman–Crippen LogP) is 2.36. The lowest BCUT2D eigenvalue weighted by Gasteiger charge is -2.04. The number of carboxylic acid groups (broad SMARTS) is 1. The van der Waals surface area contributed by atoms with E-state index >= 15 is 0 Å². The van der Waals surface area contributed by atoms with E-state index in [2.05, 4.69) is 9.24 Å². The second-order valence-corrected chi connectivity index (χ2v) is 3.06. The molecule has 1 rings (SSSR count). The van der Waals surface area contributed by atoms with Gasteiger partial charge in [-0.15, -0.1) is 9.24 Å². The molecule has 1 unspecified atom stereocenters. The summed E-state index contributed by atoms with van der Waals surface area (Å²) < 4.78 is 12.9. The second-order valence-electron chi connectivity index (χ2n) is 2.44. The molecule has 1 aromatic rings. The van der Waals surface area contributed by atoms with E-state index in [1.165, 1.54) is 6.07 Å². The van der Waals surface area contributed by atoms with Crippen LogP contribution in [0.1, 0.15) is 29.8 Å².